The van der Waals surface area contributed by atoms with Crippen LogP contribution in [0.1, 0.15) is 29.6 Å². The number of esters is 1. The number of benzene rings is 1. The molecule has 0 spiro atoms. The Morgan fingerprint density at radius 1 is 1.10 bits per heavy atom. The number of ether oxygens (including phenoxy) is 2. The molecule has 1 aromatic rings. The third-order valence-electron chi connectivity index (χ3n) is 2.47. The quantitative estimate of drug-likeness (QED) is 0.431. The molecule has 0 fully saturated rings. The number of rotatable bonds is 9. The number of carboxylic acid groups (broad SMARTS) is 1. The molecule has 0 amide bonds. The summed E-state index contributed by atoms with van der Waals surface area (Å²) in [6, 6.07) is 6.21. The van der Waals surface area contributed by atoms with Crippen LogP contribution in [0.25, 0.3) is 0 Å². The van der Waals surface area contributed by atoms with E-state index in [0.29, 0.717) is 25.4 Å². The van der Waals surface area contributed by atoms with Gasteiger partial charge in [-0.05, 0) is 37.1 Å². The highest BCUT2D eigenvalue weighted by molar-refractivity contribution is 6.18. The van der Waals surface area contributed by atoms with Crippen molar-refractivity contribution in [1.29, 1.82) is 0 Å². The number of carbonyl (C=O) groups is 2. The molecule has 1 aromatic carbocycles. The lowest BCUT2D eigenvalue weighted by Crippen LogP contribution is -2.07. The fourth-order valence-corrected chi connectivity index (χ4v) is 1.58. The van der Waals surface area contributed by atoms with Crippen LogP contribution in [0.4, 0.5) is 0 Å². The molecule has 0 atom stereocenters. The van der Waals surface area contributed by atoms with Crippen LogP contribution in [0.2, 0.25) is 0 Å². The molecular weight excluding hydrogens is 284 g/mol. The molecular formula is C14H17ClO5. The summed E-state index contributed by atoms with van der Waals surface area (Å²) in [4.78, 5) is 21.7. The minimum Gasteiger partial charge on any atom is -0.494 e. The summed E-state index contributed by atoms with van der Waals surface area (Å²) in [7, 11) is 0. The van der Waals surface area contributed by atoms with Crippen LogP contribution in [0.3, 0.4) is 0 Å². The number of carboxylic acids is 1. The van der Waals surface area contributed by atoms with Crippen LogP contribution in [0, 0.1) is 0 Å². The zero-order valence-electron chi connectivity index (χ0n) is 11.0. The molecule has 0 aliphatic rings. The second kappa shape index (κ2) is 9.20. The molecule has 0 aromatic heterocycles. The Morgan fingerprint density at radius 3 is 2.35 bits per heavy atom. The van der Waals surface area contributed by atoms with Gasteiger partial charge in [0.25, 0.3) is 0 Å². The maximum Gasteiger partial charge on any atom is 0.335 e. The van der Waals surface area contributed by atoms with Crippen molar-refractivity contribution >= 4 is 23.5 Å². The maximum atomic E-state index is 11.0. The van der Waals surface area contributed by atoms with E-state index in [4.69, 9.17) is 26.2 Å². The third kappa shape index (κ3) is 6.43. The van der Waals surface area contributed by atoms with Crippen LogP contribution >= 0.6 is 11.6 Å². The van der Waals surface area contributed by atoms with Crippen molar-refractivity contribution in [2.24, 2.45) is 0 Å². The van der Waals surface area contributed by atoms with Crippen molar-refractivity contribution in [3.63, 3.8) is 0 Å². The Morgan fingerprint density at radius 2 is 1.75 bits per heavy atom. The van der Waals surface area contributed by atoms with Gasteiger partial charge in [0.1, 0.15) is 5.75 Å². The van der Waals surface area contributed by atoms with Gasteiger partial charge in [-0.2, -0.15) is 0 Å². The van der Waals surface area contributed by atoms with E-state index in [9.17, 15) is 9.59 Å². The molecule has 110 valence electrons. The van der Waals surface area contributed by atoms with E-state index in [-0.39, 0.29) is 23.8 Å². The van der Waals surface area contributed by atoms with Crippen LogP contribution in [-0.4, -0.2) is 36.1 Å². The minimum absolute atomic E-state index is 0.226. The highest BCUT2D eigenvalue weighted by Gasteiger charge is 2.03. The predicted octanol–water partition coefficient (Wildman–Crippen LogP) is 2.72. The fourth-order valence-electron chi connectivity index (χ4n) is 1.42. The number of hydrogen-bond acceptors (Lipinski definition) is 4. The molecule has 0 saturated heterocycles. The Bertz CT molecular complexity index is 430. The first-order valence-corrected chi connectivity index (χ1v) is 6.84. The van der Waals surface area contributed by atoms with Gasteiger partial charge >= 0.3 is 11.9 Å². The number of halogens is 1. The average Bonchev–Trinajstić information content (AvgIpc) is 2.43. The molecule has 20 heavy (non-hydrogen) atoms. The van der Waals surface area contributed by atoms with Crippen molar-refractivity contribution in [3.8, 4) is 5.75 Å². The van der Waals surface area contributed by atoms with E-state index in [2.05, 4.69) is 0 Å². The van der Waals surface area contributed by atoms with Crippen LogP contribution in [-0.2, 0) is 9.53 Å². The van der Waals surface area contributed by atoms with Gasteiger partial charge < -0.3 is 14.6 Å². The summed E-state index contributed by atoms with van der Waals surface area (Å²) in [6.07, 6.45) is 1.68. The largest absolute Gasteiger partial charge is 0.494 e. The van der Waals surface area contributed by atoms with Gasteiger partial charge in [-0.15, -0.1) is 11.6 Å². The molecule has 0 aliphatic carbocycles. The summed E-state index contributed by atoms with van der Waals surface area (Å²) in [6.45, 7) is 0.844. The third-order valence-corrected chi connectivity index (χ3v) is 2.66. The standard InChI is InChI=1S/C14H17ClO5/c15-8-7-13(16)20-10-2-1-9-19-12-5-3-11(4-6-12)14(17)18/h3-6H,1-2,7-10H2,(H,17,18). The summed E-state index contributed by atoms with van der Waals surface area (Å²) >= 11 is 5.40. The zero-order valence-corrected chi connectivity index (χ0v) is 11.8. The molecule has 0 radical (unpaired) electrons. The second-order valence-electron chi connectivity index (χ2n) is 4.04. The molecule has 0 saturated carbocycles. The molecule has 1 rings (SSSR count). The molecule has 0 heterocycles. The SMILES string of the molecule is O=C(CCCl)OCCCCOc1ccc(C(=O)O)cc1. The van der Waals surface area contributed by atoms with Gasteiger partial charge in [-0.3, -0.25) is 4.79 Å². The number of aromatic carboxylic acids is 1. The van der Waals surface area contributed by atoms with Gasteiger partial charge in [-0.1, -0.05) is 0 Å². The van der Waals surface area contributed by atoms with Crippen molar-refractivity contribution < 1.29 is 24.2 Å². The van der Waals surface area contributed by atoms with Crippen molar-refractivity contribution in [3.05, 3.63) is 29.8 Å². The molecule has 1 N–H and O–H groups in total. The highest BCUT2D eigenvalue weighted by atomic mass is 35.5. The maximum absolute atomic E-state index is 11.0. The zero-order chi connectivity index (χ0) is 14.8. The average molecular weight is 301 g/mol. The Kier molecular flexibility index (Phi) is 7.50. The molecule has 0 bridgehead atoms. The first-order valence-electron chi connectivity index (χ1n) is 6.31. The first kappa shape index (κ1) is 16.3. The number of alkyl halides is 1. The predicted molar refractivity (Wildman–Crippen MR) is 74.4 cm³/mol. The fraction of sp³-hybridized carbons (Fsp3) is 0.429. The molecule has 6 heteroatoms. The van der Waals surface area contributed by atoms with E-state index < -0.39 is 5.97 Å². The monoisotopic (exact) mass is 300 g/mol. The van der Waals surface area contributed by atoms with Gasteiger partial charge in [0, 0.05) is 5.88 Å². The summed E-state index contributed by atoms with van der Waals surface area (Å²) in [5.74, 6) is -0.358. The topological polar surface area (TPSA) is 72.8 Å². The van der Waals surface area contributed by atoms with E-state index >= 15 is 0 Å². The Balaban J connectivity index is 2.12. The molecule has 0 aliphatic heterocycles. The second-order valence-corrected chi connectivity index (χ2v) is 4.42. The molecule has 0 unspecified atom stereocenters. The van der Waals surface area contributed by atoms with E-state index in [1.807, 2.05) is 0 Å². The van der Waals surface area contributed by atoms with E-state index in [1.165, 1.54) is 12.1 Å². The van der Waals surface area contributed by atoms with Crippen LogP contribution in [0.5, 0.6) is 5.75 Å². The first-order chi connectivity index (χ1) is 9.63. The van der Waals surface area contributed by atoms with Crippen LogP contribution in [0.15, 0.2) is 24.3 Å². The number of hydrogen-bond donors (Lipinski definition) is 1. The Labute approximate surface area is 122 Å². The minimum atomic E-state index is -0.963. The number of carbonyl (C=O) groups excluding carboxylic acids is 1. The van der Waals surface area contributed by atoms with Crippen LogP contribution < -0.4 is 4.74 Å². The van der Waals surface area contributed by atoms with Gasteiger partial charge in [0.2, 0.25) is 0 Å². The van der Waals surface area contributed by atoms with E-state index in [1.54, 1.807) is 12.1 Å². The normalized spacial score (nSPS) is 10.1. The van der Waals surface area contributed by atoms with Gasteiger partial charge in [-0.25, -0.2) is 4.79 Å². The smallest absolute Gasteiger partial charge is 0.335 e. The van der Waals surface area contributed by atoms with Crippen molar-refractivity contribution in [2.75, 3.05) is 19.1 Å². The Hall–Kier alpha value is -1.75. The number of unbranched alkanes of at least 4 members (excludes halogenated alkanes) is 1. The highest BCUT2D eigenvalue weighted by Crippen LogP contribution is 2.12. The van der Waals surface area contributed by atoms with Gasteiger partial charge in [0.05, 0.1) is 25.2 Å². The summed E-state index contributed by atoms with van der Waals surface area (Å²) in [5.41, 5.74) is 0.226. The van der Waals surface area contributed by atoms with Gasteiger partial charge in [0.15, 0.2) is 0 Å². The lowest BCUT2D eigenvalue weighted by atomic mass is 10.2. The molecule has 5 nitrogen and oxygen atoms in total. The van der Waals surface area contributed by atoms with Crippen molar-refractivity contribution in [1.82, 2.24) is 0 Å². The lowest BCUT2D eigenvalue weighted by molar-refractivity contribution is -0.143. The summed E-state index contributed by atoms with van der Waals surface area (Å²) < 4.78 is 10.4. The van der Waals surface area contributed by atoms with E-state index in [0.717, 1.165) is 6.42 Å². The van der Waals surface area contributed by atoms with Crippen molar-refractivity contribution in [2.45, 2.75) is 19.3 Å². The lowest BCUT2D eigenvalue weighted by Gasteiger charge is -2.07. The summed E-state index contributed by atoms with van der Waals surface area (Å²) in [5, 5.41) is 8.74.